The van der Waals surface area contributed by atoms with Gasteiger partial charge in [-0.15, -0.1) is 0 Å². The van der Waals surface area contributed by atoms with Crippen LogP contribution in [0.25, 0.3) is 0 Å². The maximum absolute atomic E-state index is 6.05. The van der Waals surface area contributed by atoms with E-state index in [4.69, 9.17) is 16.3 Å². The van der Waals surface area contributed by atoms with Crippen LogP contribution in [0.5, 0.6) is 11.5 Å². The van der Waals surface area contributed by atoms with Gasteiger partial charge >= 0.3 is 0 Å². The third-order valence-corrected chi connectivity index (χ3v) is 3.98. The monoisotopic (exact) mass is 331 g/mol. The standard InChI is InChI=1S/C20H26ClNO/c1-15(13-14-22-20(2,3)4)18-7-5-6-8-19(18)23-17-11-9-16(21)10-12-17/h5-12,15,22H,13-14H2,1-4H3. The Bertz CT molecular complexity index is 616. The fourth-order valence-corrected chi connectivity index (χ4v) is 2.56. The minimum absolute atomic E-state index is 0.152. The van der Waals surface area contributed by atoms with E-state index in [9.17, 15) is 0 Å². The number of para-hydroxylation sites is 1. The van der Waals surface area contributed by atoms with Gasteiger partial charge < -0.3 is 10.1 Å². The molecule has 0 spiro atoms. The largest absolute Gasteiger partial charge is 0.457 e. The molecule has 2 nitrogen and oxygen atoms in total. The van der Waals surface area contributed by atoms with E-state index in [1.54, 1.807) is 0 Å². The lowest BCUT2D eigenvalue weighted by atomic mass is 9.96. The first-order valence-electron chi connectivity index (χ1n) is 8.12. The Morgan fingerprint density at radius 1 is 1.04 bits per heavy atom. The number of rotatable bonds is 6. The number of ether oxygens (including phenoxy) is 1. The lowest BCUT2D eigenvalue weighted by Crippen LogP contribution is -2.36. The fraction of sp³-hybridized carbons (Fsp3) is 0.400. The summed E-state index contributed by atoms with van der Waals surface area (Å²) in [5, 5.41) is 4.26. The second kappa shape index (κ2) is 7.85. The molecule has 0 fully saturated rings. The summed E-state index contributed by atoms with van der Waals surface area (Å²) in [5.74, 6) is 2.15. The maximum atomic E-state index is 6.05. The van der Waals surface area contributed by atoms with Crippen molar-refractivity contribution in [2.24, 2.45) is 0 Å². The molecule has 0 amide bonds. The average Bonchev–Trinajstić information content (AvgIpc) is 2.49. The zero-order valence-corrected chi connectivity index (χ0v) is 15.2. The minimum Gasteiger partial charge on any atom is -0.457 e. The van der Waals surface area contributed by atoms with Gasteiger partial charge in [0.2, 0.25) is 0 Å². The molecule has 0 aliphatic carbocycles. The Hall–Kier alpha value is -1.51. The van der Waals surface area contributed by atoms with Crippen LogP contribution in [0, 0.1) is 0 Å². The van der Waals surface area contributed by atoms with Crippen LogP contribution >= 0.6 is 11.6 Å². The lowest BCUT2D eigenvalue weighted by molar-refractivity contribution is 0.410. The highest BCUT2D eigenvalue weighted by molar-refractivity contribution is 6.30. The van der Waals surface area contributed by atoms with Gasteiger partial charge in [-0.05, 0) is 75.5 Å². The Morgan fingerprint density at radius 2 is 1.70 bits per heavy atom. The van der Waals surface area contributed by atoms with Gasteiger partial charge in [-0.2, -0.15) is 0 Å². The summed E-state index contributed by atoms with van der Waals surface area (Å²) in [6.45, 7) is 9.80. The van der Waals surface area contributed by atoms with Crippen molar-refractivity contribution in [1.82, 2.24) is 5.32 Å². The highest BCUT2D eigenvalue weighted by Crippen LogP contribution is 2.32. The van der Waals surface area contributed by atoms with Crippen molar-refractivity contribution >= 4 is 11.6 Å². The summed E-state index contributed by atoms with van der Waals surface area (Å²) in [7, 11) is 0. The molecule has 1 unspecified atom stereocenters. The predicted molar refractivity (Wildman–Crippen MR) is 98.8 cm³/mol. The highest BCUT2D eigenvalue weighted by Gasteiger charge is 2.14. The molecule has 23 heavy (non-hydrogen) atoms. The van der Waals surface area contributed by atoms with Crippen LogP contribution < -0.4 is 10.1 Å². The zero-order chi connectivity index (χ0) is 16.9. The molecule has 0 aliphatic heterocycles. The Balaban J connectivity index is 2.06. The molecule has 1 N–H and O–H groups in total. The van der Waals surface area contributed by atoms with E-state index in [0.717, 1.165) is 24.5 Å². The first kappa shape index (κ1) is 17.8. The minimum atomic E-state index is 0.152. The van der Waals surface area contributed by atoms with Crippen LogP contribution in [0.2, 0.25) is 5.02 Å². The van der Waals surface area contributed by atoms with E-state index in [1.807, 2.05) is 36.4 Å². The summed E-state index contributed by atoms with van der Waals surface area (Å²) < 4.78 is 6.05. The van der Waals surface area contributed by atoms with Crippen LogP contribution in [0.3, 0.4) is 0 Å². The molecule has 0 radical (unpaired) electrons. The van der Waals surface area contributed by atoms with E-state index < -0.39 is 0 Å². The van der Waals surface area contributed by atoms with E-state index in [-0.39, 0.29) is 5.54 Å². The molecule has 0 saturated carbocycles. The van der Waals surface area contributed by atoms with E-state index in [2.05, 4.69) is 45.1 Å². The van der Waals surface area contributed by atoms with Crippen LogP contribution in [0.1, 0.15) is 45.6 Å². The SMILES string of the molecule is CC(CCNC(C)(C)C)c1ccccc1Oc1ccc(Cl)cc1. The molecule has 0 aliphatic rings. The quantitative estimate of drug-likeness (QED) is 0.699. The molecule has 2 rings (SSSR count). The van der Waals surface area contributed by atoms with Crippen LogP contribution in [0.15, 0.2) is 48.5 Å². The smallest absolute Gasteiger partial charge is 0.130 e. The van der Waals surface area contributed by atoms with Crippen LogP contribution in [0.4, 0.5) is 0 Å². The second-order valence-electron chi connectivity index (χ2n) is 6.96. The van der Waals surface area contributed by atoms with Crippen molar-refractivity contribution in [3.05, 3.63) is 59.1 Å². The molecule has 2 aromatic rings. The third kappa shape index (κ3) is 5.89. The summed E-state index contributed by atoms with van der Waals surface area (Å²) in [6.07, 6.45) is 1.07. The summed E-state index contributed by atoms with van der Waals surface area (Å²) >= 11 is 5.93. The van der Waals surface area contributed by atoms with Crippen molar-refractivity contribution in [2.45, 2.75) is 45.6 Å². The summed E-state index contributed by atoms with van der Waals surface area (Å²) in [5.41, 5.74) is 1.39. The molecular weight excluding hydrogens is 306 g/mol. The molecule has 0 aromatic heterocycles. The molecule has 2 aromatic carbocycles. The normalized spacial score (nSPS) is 12.9. The van der Waals surface area contributed by atoms with Gasteiger partial charge in [0.05, 0.1) is 0 Å². The number of hydrogen-bond acceptors (Lipinski definition) is 2. The zero-order valence-electron chi connectivity index (χ0n) is 14.4. The van der Waals surface area contributed by atoms with Crippen LogP contribution in [-0.2, 0) is 0 Å². The fourth-order valence-electron chi connectivity index (χ4n) is 2.43. The molecule has 0 heterocycles. The number of hydrogen-bond donors (Lipinski definition) is 1. The van der Waals surface area contributed by atoms with Crippen LogP contribution in [-0.4, -0.2) is 12.1 Å². The van der Waals surface area contributed by atoms with Crippen molar-refractivity contribution in [2.75, 3.05) is 6.54 Å². The molecule has 1 atom stereocenters. The van der Waals surface area contributed by atoms with Gasteiger partial charge in [-0.3, -0.25) is 0 Å². The molecule has 124 valence electrons. The van der Waals surface area contributed by atoms with Gasteiger partial charge in [0.1, 0.15) is 11.5 Å². The number of nitrogens with one attached hydrogen (secondary N) is 1. The van der Waals surface area contributed by atoms with Crippen molar-refractivity contribution in [3.8, 4) is 11.5 Å². The number of benzene rings is 2. The van der Waals surface area contributed by atoms with Crippen molar-refractivity contribution in [1.29, 1.82) is 0 Å². The van der Waals surface area contributed by atoms with E-state index in [1.165, 1.54) is 5.56 Å². The predicted octanol–water partition coefficient (Wildman–Crippen LogP) is 6.01. The molecule has 0 bridgehead atoms. The Labute approximate surface area is 144 Å². The van der Waals surface area contributed by atoms with Crippen molar-refractivity contribution < 1.29 is 4.74 Å². The molecular formula is C20H26ClNO. The first-order valence-corrected chi connectivity index (χ1v) is 8.50. The first-order chi connectivity index (χ1) is 10.8. The van der Waals surface area contributed by atoms with Gasteiger partial charge in [-0.25, -0.2) is 0 Å². The van der Waals surface area contributed by atoms with Gasteiger partial charge in [0.15, 0.2) is 0 Å². The second-order valence-corrected chi connectivity index (χ2v) is 7.40. The average molecular weight is 332 g/mol. The lowest BCUT2D eigenvalue weighted by Gasteiger charge is -2.23. The van der Waals surface area contributed by atoms with E-state index >= 15 is 0 Å². The molecule has 3 heteroatoms. The highest BCUT2D eigenvalue weighted by atomic mass is 35.5. The third-order valence-electron chi connectivity index (χ3n) is 3.72. The molecule has 0 saturated heterocycles. The topological polar surface area (TPSA) is 21.3 Å². The number of halogens is 1. The van der Waals surface area contributed by atoms with E-state index in [0.29, 0.717) is 10.9 Å². The maximum Gasteiger partial charge on any atom is 0.130 e. The summed E-state index contributed by atoms with van der Waals surface area (Å²) in [4.78, 5) is 0. The van der Waals surface area contributed by atoms with Gasteiger partial charge in [0.25, 0.3) is 0 Å². The Morgan fingerprint density at radius 3 is 2.35 bits per heavy atom. The Kier molecular flexibility index (Phi) is 6.09. The van der Waals surface area contributed by atoms with Gasteiger partial charge in [0, 0.05) is 10.6 Å². The summed E-state index contributed by atoms with van der Waals surface area (Å²) in [6, 6.07) is 15.7. The van der Waals surface area contributed by atoms with Crippen molar-refractivity contribution in [3.63, 3.8) is 0 Å². The van der Waals surface area contributed by atoms with Gasteiger partial charge in [-0.1, -0.05) is 36.7 Å².